The van der Waals surface area contributed by atoms with Crippen LogP contribution < -0.4 is 0 Å². The summed E-state index contributed by atoms with van der Waals surface area (Å²) in [5.74, 6) is -0.294. The van der Waals surface area contributed by atoms with E-state index in [0.29, 0.717) is 0 Å². The van der Waals surface area contributed by atoms with Gasteiger partial charge in [0.05, 0.1) is 12.2 Å². The van der Waals surface area contributed by atoms with Crippen molar-refractivity contribution in [2.75, 3.05) is 0 Å². The fraction of sp³-hybridized carbons (Fsp3) is 0.333. The van der Waals surface area contributed by atoms with Crippen LogP contribution in [0.25, 0.3) is 0 Å². The molecule has 1 aliphatic carbocycles. The Kier molecular flexibility index (Phi) is 1.99. The maximum Gasteiger partial charge on any atom is 0.299 e. The molecule has 1 rings (SSSR count). The quantitative estimate of drug-likeness (QED) is 0.507. The van der Waals surface area contributed by atoms with Crippen LogP contribution in [0.1, 0.15) is 6.42 Å². The van der Waals surface area contributed by atoms with Crippen LogP contribution in [0.5, 0.6) is 0 Å². The summed E-state index contributed by atoms with van der Waals surface area (Å²) in [4.78, 5) is -2.38. The molecule has 0 fully saturated rings. The fourth-order valence-electron chi connectivity index (χ4n) is 0.864. The highest BCUT2D eigenvalue weighted by atomic mass is 32.2. The van der Waals surface area contributed by atoms with Gasteiger partial charge in [0, 0.05) is 0 Å². The van der Waals surface area contributed by atoms with Crippen LogP contribution in [0, 0.1) is 0 Å². The van der Waals surface area contributed by atoms with Crippen molar-refractivity contribution in [2.24, 2.45) is 0 Å². The van der Waals surface area contributed by atoms with Crippen LogP contribution in [0.15, 0.2) is 24.0 Å². The smallest absolute Gasteiger partial charge is 0.299 e. The predicted molar refractivity (Wildman–Crippen MR) is 41.0 cm³/mol. The number of allylic oxidation sites excluding steroid dienone is 2. The Labute approximate surface area is 69.4 Å². The SMILES string of the molecule is O=S(=O)(O)C1(O)C=CC=C(O)C1. The minimum Gasteiger partial charge on any atom is -0.512 e. The van der Waals surface area contributed by atoms with Crippen molar-refractivity contribution in [1.82, 2.24) is 0 Å². The van der Waals surface area contributed by atoms with Crippen molar-refractivity contribution in [1.29, 1.82) is 0 Å². The lowest BCUT2D eigenvalue weighted by molar-refractivity contribution is 0.143. The van der Waals surface area contributed by atoms with Crippen molar-refractivity contribution in [2.45, 2.75) is 11.4 Å². The minimum atomic E-state index is -4.59. The van der Waals surface area contributed by atoms with E-state index in [1.807, 2.05) is 0 Å². The molecule has 0 spiro atoms. The molecule has 0 amide bonds. The van der Waals surface area contributed by atoms with Gasteiger partial charge in [-0.3, -0.25) is 4.55 Å². The predicted octanol–water partition coefficient (Wildman–Crippen LogP) is -0.0354. The minimum absolute atomic E-state index is 0.294. The van der Waals surface area contributed by atoms with Crippen molar-refractivity contribution in [3.05, 3.63) is 24.0 Å². The molecule has 0 aliphatic heterocycles. The van der Waals surface area contributed by atoms with E-state index in [2.05, 4.69) is 0 Å². The molecule has 12 heavy (non-hydrogen) atoms. The van der Waals surface area contributed by atoms with Crippen LogP contribution in [0.4, 0.5) is 0 Å². The van der Waals surface area contributed by atoms with Gasteiger partial charge in [-0.25, -0.2) is 0 Å². The Bertz CT molecular complexity index is 339. The summed E-state index contributed by atoms with van der Waals surface area (Å²) >= 11 is 0. The van der Waals surface area contributed by atoms with Gasteiger partial charge in [0.2, 0.25) is 4.93 Å². The van der Waals surface area contributed by atoms with Crippen molar-refractivity contribution in [3.63, 3.8) is 0 Å². The normalized spacial score (nSPS) is 30.0. The molecule has 0 aromatic heterocycles. The standard InChI is InChI=1S/C6H8O5S/c7-5-2-1-3-6(8,4-5)12(9,10)11/h1-3,7-8H,4H2,(H,9,10,11). The van der Waals surface area contributed by atoms with Gasteiger partial charge < -0.3 is 10.2 Å². The second kappa shape index (κ2) is 2.58. The van der Waals surface area contributed by atoms with Crippen LogP contribution in [-0.4, -0.2) is 28.1 Å². The molecule has 0 heterocycles. The van der Waals surface area contributed by atoms with E-state index in [-0.39, 0.29) is 5.76 Å². The summed E-state index contributed by atoms with van der Waals surface area (Å²) in [6.07, 6.45) is 2.77. The monoisotopic (exact) mass is 192 g/mol. The average Bonchev–Trinajstić information content (AvgIpc) is 1.83. The molecule has 1 aliphatic rings. The number of aliphatic hydroxyl groups excluding tert-OH is 1. The van der Waals surface area contributed by atoms with E-state index >= 15 is 0 Å². The molecule has 6 heteroatoms. The summed E-state index contributed by atoms with van der Waals surface area (Å²) in [6.45, 7) is 0. The highest BCUT2D eigenvalue weighted by Crippen LogP contribution is 2.26. The van der Waals surface area contributed by atoms with E-state index in [4.69, 9.17) is 9.66 Å². The van der Waals surface area contributed by atoms with Crippen LogP contribution in [0.2, 0.25) is 0 Å². The Hall–Kier alpha value is -0.850. The summed E-state index contributed by atoms with van der Waals surface area (Å²) in [5, 5.41) is 18.1. The first-order valence-electron chi connectivity index (χ1n) is 3.12. The molecule has 68 valence electrons. The van der Waals surface area contributed by atoms with Gasteiger partial charge in [-0.15, -0.1) is 0 Å². The summed E-state index contributed by atoms with van der Waals surface area (Å²) < 4.78 is 29.7. The molecule has 1 unspecified atom stereocenters. The number of hydrogen-bond donors (Lipinski definition) is 3. The van der Waals surface area contributed by atoms with Crippen molar-refractivity contribution >= 4 is 10.1 Å². The Balaban J connectivity index is 3.07. The molecule has 0 saturated carbocycles. The molecule has 0 aromatic rings. The fourth-order valence-corrected chi connectivity index (χ4v) is 1.44. The number of rotatable bonds is 1. The van der Waals surface area contributed by atoms with E-state index in [0.717, 1.165) is 12.2 Å². The third-order valence-corrected chi connectivity index (χ3v) is 2.70. The van der Waals surface area contributed by atoms with Gasteiger partial charge in [-0.2, -0.15) is 8.42 Å². The molecule has 3 N–H and O–H groups in total. The lowest BCUT2D eigenvalue weighted by Crippen LogP contribution is -2.37. The first-order chi connectivity index (χ1) is 5.35. The third-order valence-electron chi connectivity index (χ3n) is 1.53. The topological polar surface area (TPSA) is 94.8 Å². The lowest BCUT2D eigenvalue weighted by atomic mass is 10.1. The van der Waals surface area contributed by atoms with Gasteiger partial charge in [0.25, 0.3) is 10.1 Å². The molecule has 0 radical (unpaired) electrons. The van der Waals surface area contributed by atoms with Gasteiger partial charge in [-0.1, -0.05) is 6.08 Å². The summed E-state index contributed by atoms with van der Waals surface area (Å²) in [5.41, 5.74) is 0. The zero-order valence-electron chi connectivity index (χ0n) is 6.01. The molecule has 5 nitrogen and oxygen atoms in total. The van der Waals surface area contributed by atoms with Gasteiger partial charge in [0.1, 0.15) is 0 Å². The number of hydrogen-bond acceptors (Lipinski definition) is 4. The summed E-state index contributed by atoms with van der Waals surface area (Å²) in [6, 6.07) is 0. The molecule has 0 bridgehead atoms. The zero-order chi connectivity index (χ0) is 9.41. The Morgan fingerprint density at radius 1 is 1.50 bits per heavy atom. The number of aliphatic hydroxyl groups is 2. The van der Waals surface area contributed by atoms with E-state index in [1.165, 1.54) is 6.08 Å². The van der Waals surface area contributed by atoms with Gasteiger partial charge in [-0.05, 0) is 12.2 Å². The molecular weight excluding hydrogens is 184 g/mol. The molecule has 1 atom stereocenters. The van der Waals surface area contributed by atoms with Crippen LogP contribution in [-0.2, 0) is 10.1 Å². The maximum absolute atomic E-state index is 10.6. The van der Waals surface area contributed by atoms with Crippen molar-refractivity contribution in [3.8, 4) is 0 Å². The second-order valence-electron chi connectivity index (χ2n) is 2.51. The first kappa shape index (κ1) is 9.24. The zero-order valence-corrected chi connectivity index (χ0v) is 6.82. The molecule has 0 saturated heterocycles. The molecular formula is C6H8O5S. The van der Waals surface area contributed by atoms with Crippen LogP contribution in [0.3, 0.4) is 0 Å². The van der Waals surface area contributed by atoms with Crippen LogP contribution >= 0.6 is 0 Å². The lowest BCUT2D eigenvalue weighted by Gasteiger charge is -2.22. The highest BCUT2D eigenvalue weighted by molar-refractivity contribution is 7.87. The average molecular weight is 192 g/mol. The highest BCUT2D eigenvalue weighted by Gasteiger charge is 2.40. The van der Waals surface area contributed by atoms with Gasteiger partial charge in [0.15, 0.2) is 0 Å². The Morgan fingerprint density at radius 3 is 2.42 bits per heavy atom. The second-order valence-corrected chi connectivity index (χ2v) is 4.17. The summed E-state index contributed by atoms with van der Waals surface area (Å²) in [7, 11) is -4.59. The maximum atomic E-state index is 10.6. The first-order valence-corrected chi connectivity index (χ1v) is 4.56. The third kappa shape index (κ3) is 1.50. The van der Waals surface area contributed by atoms with E-state index in [9.17, 15) is 13.5 Å². The molecule has 0 aromatic carbocycles. The largest absolute Gasteiger partial charge is 0.512 e. The van der Waals surface area contributed by atoms with Crippen molar-refractivity contribution < 1.29 is 23.2 Å². The Morgan fingerprint density at radius 2 is 2.08 bits per heavy atom. The van der Waals surface area contributed by atoms with E-state index in [1.54, 1.807) is 0 Å². The van der Waals surface area contributed by atoms with Gasteiger partial charge >= 0.3 is 0 Å². The van der Waals surface area contributed by atoms with E-state index < -0.39 is 21.5 Å².